The maximum Gasteiger partial charge on any atom is 0 e. The third-order valence-corrected chi connectivity index (χ3v) is 1.41. The predicted molar refractivity (Wildman–Crippen MR) is 40.5 cm³/mol. The molecule has 0 bridgehead atoms. The Bertz CT molecular complexity index is 46.5. The molecule has 0 nitrogen and oxygen atoms in total. The summed E-state index contributed by atoms with van der Waals surface area (Å²) in [7, 11) is 0. The molecule has 0 aromatic heterocycles. The summed E-state index contributed by atoms with van der Waals surface area (Å²) >= 11 is 0. The smallest absolute Gasteiger partial charge is 0 e. The standard InChI is InChI=1S/C7H14.CH4.V.W/c1-5-7(4)6(2)3;;;/h5,7H,1-4H3;1H4;;/q-2;;;. The molecule has 0 aliphatic heterocycles. The third kappa shape index (κ3) is 12.0. The Kier molecular flexibility index (Phi) is 29.0. The van der Waals surface area contributed by atoms with Gasteiger partial charge in [-0.05, 0) is 0 Å². The molecule has 0 aromatic carbocycles. The first kappa shape index (κ1) is 22.5. The maximum absolute atomic E-state index is 2.20. The first-order chi connectivity index (χ1) is 3.18. The number of hydrogen-bond donors (Lipinski definition) is 0. The van der Waals surface area contributed by atoms with Gasteiger partial charge in [0, 0.05) is 39.6 Å². The van der Waals surface area contributed by atoms with Crippen LogP contribution in [0.15, 0.2) is 0 Å². The van der Waals surface area contributed by atoms with E-state index in [1.165, 1.54) is 5.92 Å². The zero-order valence-corrected chi connectivity index (χ0v) is 10.8. The van der Waals surface area contributed by atoms with Gasteiger partial charge in [-0.3, -0.25) is 0 Å². The van der Waals surface area contributed by atoms with E-state index in [1.54, 1.807) is 0 Å². The van der Waals surface area contributed by atoms with Crippen LogP contribution in [-0.2, 0) is 39.6 Å². The zero-order valence-electron chi connectivity index (χ0n) is 6.51. The van der Waals surface area contributed by atoms with Crippen molar-refractivity contribution in [3.63, 3.8) is 0 Å². The summed E-state index contributed by atoms with van der Waals surface area (Å²) in [5.74, 6) is 2.18. The van der Waals surface area contributed by atoms with Crippen molar-refractivity contribution in [1.82, 2.24) is 0 Å². The second kappa shape index (κ2) is 12.9. The van der Waals surface area contributed by atoms with Gasteiger partial charge in [0.1, 0.15) is 0 Å². The Morgan fingerprint density at radius 3 is 1.60 bits per heavy atom. The van der Waals surface area contributed by atoms with E-state index in [9.17, 15) is 0 Å². The summed E-state index contributed by atoms with van der Waals surface area (Å²) < 4.78 is 0. The number of hydrogen-bond acceptors (Lipinski definition) is 0. The fourth-order valence-corrected chi connectivity index (χ4v) is 0.333. The molecule has 0 heterocycles. The monoisotopic (exact) mass is 349 g/mol. The van der Waals surface area contributed by atoms with Gasteiger partial charge in [0.15, 0.2) is 0 Å². The van der Waals surface area contributed by atoms with Crippen LogP contribution in [-0.4, -0.2) is 0 Å². The predicted octanol–water partition coefficient (Wildman–Crippen LogP) is 3.09. The summed E-state index contributed by atoms with van der Waals surface area (Å²) in [6, 6.07) is 0. The number of rotatable bonds is 2. The molecule has 0 aromatic rings. The zero-order chi connectivity index (χ0) is 5.86. The summed E-state index contributed by atoms with van der Waals surface area (Å²) in [5, 5.41) is 0. The molecule has 0 aliphatic carbocycles. The molecule has 10 heavy (non-hydrogen) atoms. The van der Waals surface area contributed by atoms with Crippen molar-refractivity contribution < 1.29 is 39.6 Å². The van der Waals surface area contributed by atoms with Gasteiger partial charge < -0.3 is 18.3 Å². The molecule has 0 spiro atoms. The van der Waals surface area contributed by atoms with Crippen molar-refractivity contribution in [2.75, 3.05) is 0 Å². The Morgan fingerprint density at radius 2 is 1.60 bits per heavy atom. The molecule has 1 unspecified atom stereocenters. The molecular formula is C8H18VW-2. The minimum atomic E-state index is 0. The molecule has 1 radical (unpaired) electrons. The van der Waals surface area contributed by atoms with Gasteiger partial charge in [-0.2, -0.15) is 20.8 Å². The average Bonchev–Trinajstić information content (AvgIpc) is 1.65. The largest absolute Gasteiger partial charge is 0.358 e. The minimum Gasteiger partial charge on any atom is -0.358 e. The first-order valence-electron chi connectivity index (χ1n) is 2.78. The van der Waals surface area contributed by atoms with Crippen LogP contribution in [0, 0.1) is 18.3 Å². The molecule has 0 N–H and O–H groups in total. The fourth-order valence-electron chi connectivity index (χ4n) is 0.333. The van der Waals surface area contributed by atoms with Gasteiger partial charge in [-0.25, -0.2) is 0 Å². The van der Waals surface area contributed by atoms with Gasteiger partial charge in [-0.15, -0.1) is 6.92 Å². The van der Waals surface area contributed by atoms with Crippen molar-refractivity contribution >= 4 is 0 Å². The Morgan fingerprint density at radius 1 is 1.30 bits per heavy atom. The van der Waals surface area contributed by atoms with Gasteiger partial charge in [0.05, 0.1) is 0 Å². The Labute approximate surface area is 92.7 Å². The molecule has 63 valence electrons. The Hall–Kier alpha value is 1.27. The molecular weight excluding hydrogens is 331 g/mol. The minimum absolute atomic E-state index is 0. The van der Waals surface area contributed by atoms with Crippen LogP contribution in [0.4, 0.5) is 0 Å². The van der Waals surface area contributed by atoms with Crippen molar-refractivity contribution in [3.8, 4) is 0 Å². The molecule has 0 rings (SSSR count). The van der Waals surface area contributed by atoms with Crippen molar-refractivity contribution in [2.24, 2.45) is 5.92 Å². The van der Waals surface area contributed by atoms with Gasteiger partial charge in [0.25, 0.3) is 0 Å². The van der Waals surface area contributed by atoms with E-state index >= 15 is 0 Å². The van der Waals surface area contributed by atoms with Crippen molar-refractivity contribution in [1.29, 1.82) is 0 Å². The van der Waals surface area contributed by atoms with E-state index in [0.29, 0.717) is 5.92 Å². The van der Waals surface area contributed by atoms with Crippen LogP contribution in [0.1, 0.15) is 35.1 Å². The quantitative estimate of drug-likeness (QED) is 0.673. The van der Waals surface area contributed by atoms with Crippen LogP contribution >= 0.6 is 0 Å². The first-order valence-corrected chi connectivity index (χ1v) is 2.78. The summed E-state index contributed by atoms with van der Waals surface area (Å²) in [5.41, 5.74) is 0. The van der Waals surface area contributed by atoms with Crippen LogP contribution in [0.2, 0.25) is 0 Å². The third-order valence-electron chi connectivity index (χ3n) is 1.41. The average molecular weight is 349 g/mol. The molecule has 1 atom stereocenters. The van der Waals surface area contributed by atoms with Gasteiger partial charge in [-0.1, -0.05) is 7.43 Å². The molecule has 0 saturated heterocycles. The van der Waals surface area contributed by atoms with E-state index in [-0.39, 0.29) is 47.0 Å². The Balaban J connectivity index is -0.0000000600. The summed E-state index contributed by atoms with van der Waals surface area (Å²) in [6.45, 7) is 8.61. The van der Waals surface area contributed by atoms with Crippen LogP contribution in [0.25, 0.3) is 0 Å². The van der Waals surface area contributed by atoms with E-state index in [4.69, 9.17) is 0 Å². The van der Waals surface area contributed by atoms with E-state index < -0.39 is 0 Å². The fraction of sp³-hybridized carbons (Fsp3) is 0.750. The molecule has 0 fully saturated rings. The van der Waals surface area contributed by atoms with Crippen molar-refractivity contribution in [3.05, 3.63) is 12.3 Å². The van der Waals surface area contributed by atoms with E-state index in [0.717, 1.165) is 0 Å². The topological polar surface area (TPSA) is 0 Å². The normalized spacial score (nSPS) is 10.5. The van der Waals surface area contributed by atoms with E-state index in [1.807, 2.05) is 0 Å². The van der Waals surface area contributed by atoms with Crippen LogP contribution in [0.5, 0.6) is 0 Å². The molecule has 0 aliphatic rings. The van der Waals surface area contributed by atoms with Crippen LogP contribution in [0.3, 0.4) is 0 Å². The maximum atomic E-state index is 2.20. The summed E-state index contributed by atoms with van der Waals surface area (Å²) in [4.78, 5) is 0. The van der Waals surface area contributed by atoms with E-state index in [2.05, 4.69) is 34.1 Å². The second-order valence-electron chi connectivity index (χ2n) is 2.20. The van der Waals surface area contributed by atoms with Crippen molar-refractivity contribution in [2.45, 2.75) is 35.1 Å². The summed E-state index contributed by atoms with van der Waals surface area (Å²) in [6.07, 6.45) is 2.20. The SMILES string of the molecule is C.C[CH-]C(C)[C-](C)C.[V].[W]. The molecule has 0 saturated carbocycles. The molecule has 0 amide bonds. The molecule has 2 heteroatoms. The van der Waals surface area contributed by atoms with Gasteiger partial charge >= 0.3 is 0 Å². The second-order valence-corrected chi connectivity index (χ2v) is 2.20. The van der Waals surface area contributed by atoms with Gasteiger partial charge in [0.2, 0.25) is 0 Å². The van der Waals surface area contributed by atoms with Crippen LogP contribution < -0.4 is 0 Å².